The van der Waals surface area contributed by atoms with E-state index < -0.39 is 6.10 Å². The van der Waals surface area contributed by atoms with Crippen molar-refractivity contribution in [2.75, 3.05) is 19.8 Å². The highest BCUT2D eigenvalue weighted by molar-refractivity contribution is 5.82. The van der Waals surface area contributed by atoms with Gasteiger partial charge in [0.2, 0.25) is 0 Å². The maximum Gasteiger partial charge on any atom is 0.253 e. The first kappa shape index (κ1) is 13.7. The van der Waals surface area contributed by atoms with E-state index in [2.05, 4.69) is 5.32 Å². The van der Waals surface area contributed by atoms with E-state index in [1.807, 2.05) is 6.92 Å². The summed E-state index contributed by atoms with van der Waals surface area (Å²) in [6.07, 6.45) is 0.729. The smallest absolute Gasteiger partial charge is 0.253 e. The Morgan fingerprint density at radius 2 is 2.11 bits per heavy atom. The first-order valence-corrected chi connectivity index (χ1v) is 6.57. The van der Waals surface area contributed by atoms with E-state index in [9.17, 15) is 9.90 Å². The molecule has 0 bridgehead atoms. The van der Waals surface area contributed by atoms with Crippen LogP contribution in [0.3, 0.4) is 0 Å². The number of aliphatic hydroxyl groups excluding tert-OH is 1. The number of fused-ring (bicyclic) bond motifs is 1. The lowest BCUT2D eigenvalue weighted by molar-refractivity contribution is -0.129. The third-order valence-electron chi connectivity index (χ3n) is 2.96. The number of hydrogen-bond donors (Lipinski definition) is 2. The first-order valence-electron chi connectivity index (χ1n) is 6.57. The Hall–Kier alpha value is -1.75. The largest absolute Gasteiger partial charge is 0.486 e. The van der Waals surface area contributed by atoms with Crippen LogP contribution in [0.5, 0.6) is 11.5 Å². The van der Waals surface area contributed by atoms with Gasteiger partial charge in [0.1, 0.15) is 13.2 Å². The van der Waals surface area contributed by atoms with Gasteiger partial charge in [-0.1, -0.05) is 19.4 Å². The minimum atomic E-state index is -1.17. The Kier molecular flexibility index (Phi) is 4.63. The number of benzene rings is 1. The summed E-state index contributed by atoms with van der Waals surface area (Å²) in [5, 5.41) is 12.7. The van der Waals surface area contributed by atoms with Gasteiger partial charge >= 0.3 is 0 Å². The second-order valence-corrected chi connectivity index (χ2v) is 4.45. The van der Waals surface area contributed by atoms with Gasteiger partial charge in [0.15, 0.2) is 17.6 Å². The van der Waals surface area contributed by atoms with Crippen molar-refractivity contribution in [3.63, 3.8) is 0 Å². The summed E-state index contributed by atoms with van der Waals surface area (Å²) in [7, 11) is 0. The summed E-state index contributed by atoms with van der Waals surface area (Å²) in [6.45, 7) is 3.63. The highest BCUT2D eigenvalue weighted by Gasteiger charge is 2.20. The molecule has 0 spiro atoms. The normalized spacial score (nSPS) is 14.8. The molecule has 1 unspecified atom stereocenters. The first-order chi connectivity index (χ1) is 9.22. The van der Waals surface area contributed by atoms with Crippen molar-refractivity contribution in [2.24, 2.45) is 0 Å². The van der Waals surface area contributed by atoms with Gasteiger partial charge in [0.05, 0.1) is 0 Å². The Bertz CT molecular complexity index is 447. The Balaban J connectivity index is 2.02. The minimum absolute atomic E-state index is 0.384. The van der Waals surface area contributed by atoms with Gasteiger partial charge in [-0.3, -0.25) is 4.79 Å². The molecule has 2 N–H and O–H groups in total. The molecule has 1 aromatic rings. The molecule has 5 heteroatoms. The summed E-state index contributed by atoms with van der Waals surface area (Å²) in [5.74, 6) is 0.836. The predicted octanol–water partition coefficient (Wildman–Crippen LogP) is 1.41. The number of carbonyl (C=O) groups is 1. The van der Waals surface area contributed by atoms with Crippen LogP contribution in [0, 0.1) is 0 Å². The van der Waals surface area contributed by atoms with Crippen molar-refractivity contribution in [1.29, 1.82) is 0 Å². The molecule has 1 aromatic carbocycles. The third kappa shape index (κ3) is 3.38. The van der Waals surface area contributed by atoms with Gasteiger partial charge in [-0.05, 0) is 24.1 Å². The number of rotatable bonds is 5. The van der Waals surface area contributed by atoms with E-state index in [1.54, 1.807) is 18.2 Å². The highest BCUT2D eigenvalue weighted by atomic mass is 16.6. The van der Waals surface area contributed by atoms with E-state index >= 15 is 0 Å². The zero-order valence-corrected chi connectivity index (χ0v) is 11.0. The summed E-state index contributed by atoms with van der Waals surface area (Å²) in [4.78, 5) is 11.8. The summed E-state index contributed by atoms with van der Waals surface area (Å²) in [5.41, 5.74) is 0.512. The lowest BCUT2D eigenvalue weighted by Crippen LogP contribution is -2.30. The quantitative estimate of drug-likeness (QED) is 0.790. The molecule has 1 aliphatic heterocycles. The molecule has 1 aliphatic rings. The topological polar surface area (TPSA) is 67.8 Å². The lowest BCUT2D eigenvalue weighted by atomic mass is 10.1. The standard InChI is InChI=1S/C14H19NO4/c1-2-3-6-15-14(17)13(16)10-4-5-11-12(9-10)19-8-7-18-11/h4-5,9,13,16H,2-3,6-8H2,1H3,(H,15,17). The Morgan fingerprint density at radius 3 is 2.84 bits per heavy atom. The minimum Gasteiger partial charge on any atom is -0.486 e. The van der Waals surface area contributed by atoms with Gasteiger partial charge in [-0.15, -0.1) is 0 Å². The molecular formula is C14H19NO4. The van der Waals surface area contributed by atoms with Gasteiger partial charge in [0.25, 0.3) is 5.91 Å². The van der Waals surface area contributed by atoms with Crippen molar-refractivity contribution in [3.05, 3.63) is 23.8 Å². The molecule has 104 valence electrons. The molecule has 0 saturated heterocycles. The zero-order valence-electron chi connectivity index (χ0n) is 11.0. The van der Waals surface area contributed by atoms with Crippen LogP contribution in [-0.4, -0.2) is 30.8 Å². The maximum absolute atomic E-state index is 11.8. The monoisotopic (exact) mass is 265 g/mol. The van der Waals surface area contributed by atoms with E-state index in [1.165, 1.54) is 0 Å². The van der Waals surface area contributed by atoms with Crippen LogP contribution in [0.25, 0.3) is 0 Å². The molecule has 0 saturated carbocycles. The fourth-order valence-corrected chi connectivity index (χ4v) is 1.87. The fourth-order valence-electron chi connectivity index (χ4n) is 1.87. The molecule has 5 nitrogen and oxygen atoms in total. The molecule has 1 heterocycles. The number of aliphatic hydroxyl groups is 1. The second kappa shape index (κ2) is 6.43. The van der Waals surface area contributed by atoms with Gasteiger partial charge in [-0.25, -0.2) is 0 Å². The van der Waals surface area contributed by atoms with E-state index in [0.717, 1.165) is 12.8 Å². The Morgan fingerprint density at radius 1 is 1.37 bits per heavy atom. The molecule has 0 aromatic heterocycles. The average Bonchev–Trinajstić information content (AvgIpc) is 2.46. The molecule has 0 fully saturated rings. The number of ether oxygens (including phenoxy) is 2. The van der Waals surface area contributed by atoms with Crippen LogP contribution in [0.4, 0.5) is 0 Å². The van der Waals surface area contributed by atoms with Crippen LogP contribution < -0.4 is 14.8 Å². The molecule has 1 atom stereocenters. The highest BCUT2D eigenvalue weighted by Crippen LogP contribution is 2.32. The number of carbonyl (C=O) groups excluding carboxylic acids is 1. The fraction of sp³-hybridized carbons (Fsp3) is 0.500. The van der Waals surface area contributed by atoms with E-state index in [-0.39, 0.29) is 5.91 Å². The lowest BCUT2D eigenvalue weighted by Gasteiger charge is -2.20. The van der Waals surface area contributed by atoms with Crippen LogP contribution in [0.1, 0.15) is 31.4 Å². The van der Waals surface area contributed by atoms with Crippen LogP contribution in [0.2, 0.25) is 0 Å². The van der Waals surface area contributed by atoms with Gasteiger partial charge < -0.3 is 19.9 Å². The summed E-state index contributed by atoms with van der Waals surface area (Å²) >= 11 is 0. The van der Waals surface area contributed by atoms with Gasteiger partial charge in [0, 0.05) is 6.54 Å². The van der Waals surface area contributed by atoms with Crippen molar-refractivity contribution >= 4 is 5.91 Å². The Labute approximate surface area is 112 Å². The summed E-state index contributed by atoms with van der Waals surface area (Å²) < 4.78 is 10.8. The number of unbranched alkanes of at least 4 members (excludes halogenated alkanes) is 1. The predicted molar refractivity (Wildman–Crippen MR) is 70.3 cm³/mol. The molecule has 19 heavy (non-hydrogen) atoms. The molecule has 0 radical (unpaired) electrons. The number of amides is 1. The van der Waals surface area contributed by atoms with Crippen LogP contribution >= 0.6 is 0 Å². The van der Waals surface area contributed by atoms with Crippen molar-refractivity contribution in [3.8, 4) is 11.5 Å². The SMILES string of the molecule is CCCCNC(=O)C(O)c1ccc2c(c1)OCCO2. The molecular weight excluding hydrogens is 246 g/mol. The van der Waals surface area contributed by atoms with Crippen LogP contribution in [0.15, 0.2) is 18.2 Å². The molecule has 0 aliphatic carbocycles. The van der Waals surface area contributed by atoms with Crippen molar-refractivity contribution < 1.29 is 19.4 Å². The van der Waals surface area contributed by atoms with Crippen molar-refractivity contribution in [1.82, 2.24) is 5.32 Å². The third-order valence-corrected chi connectivity index (χ3v) is 2.96. The molecule has 2 rings (SSSR count). The van der Waals surface area contributed by atoms with E-state index in [0.29, 0.717) is 36.8 Å². The molecule has 1 amide bonds. The second-order valence-electron chi connectivity index (χ2n) is 4.45. The number of hydrogen-bond acceptors (Lipinski definition) is 4. The van der Waals surface area contributed by atoms with Crippen LogP contribution in [-0.2, 0) is 4.79 Å². The number of nitrogens with one attached hydrogen (secondary N) is 1. The average molecular weight is 265 g/mol. The van der Waals surface area contributed by atoms with Crippen molar-refractivity contribution in [2.45, 2.75) is 25.9 Å². The van der Waals surface area contributed by atoms with E-state index in [4.69, 9.17) is 9.47 Å². The summed E-state index contributed by atoms with van der Waals surface area (Å²) in [6, 6.07) is 5.04. The maximum atomic E-state index is 11.8. The van der Waals surface area contributed by atoms with Gasteiger partial charge in [-0.2, -0.15) is 0 Å². The zero-order chi connectivity index (χ0) is 13.7.